The van der Waals surface area contributed by atoms with Gasteiger partial charge in [0.05, 0.1) is 0 Å². The Morgan fingerprint density at radius 3 is 1.58 bits per heavy atom. The summed E-state index contributed by atoms with van der Waals surface area (Å²) in [6.45, 7) is 0. The Morgan fingerprint density at radius 1 is 0.263 bits per heavy atom. The van der Waals surface area contributed by atoms with Gasteiger partial charge >= 0.3 is 0 Å². The van der Waals surface area contributed by atoms with Crippen LogP contribution in [-0.4, -0.2) is 0 Å². The summed E-state index contributed by atoms with van der Waals surface area (Å²) in [7, 11) is 0. The molecule has 0 atom stereocenters. The van der Waals surface area contributed by atoms with Crippen LogP contribution in [0.25, 0.3) is 132 Å². The Morgan fingerprint density at radius 2 is 0.807 bits per heavy atom. The van der Waals surface area contributed by atoms with E-state index in [0.29, 0.717) is 0 Å². The molecule has 10 aromatic carbocycles. The van der Waals surface area contributed by atoms with Crippen molar-refractivity contribution in [3.63, 3.8) is 0 Å². The summed E-state index contributed by atoms with van der Waals surface area (Å²) >= 11 is 0. The molecule has 0 amide bonds. The smallest absolute Gasteiger partial charge is 0.144 e. The van der Waals surface area contributed by atoms with E-state index in [9.17, 15) is 0 Å². The van der Waals surface area contributed by atoms with Crippen LogP contribution in [-0.2, 0) is 0 Å². The van der Waals surface area contributed by atoms with Crippen LogP contribution in [0.2, 0.25) is 0 Å². The van der Waals surface area contributed by atoms with E-state index < -0.39 is 0 Å². The van der Waals surface area contributed by atoms with Crippen molar-refractivity contribution in [1.82, 2.24) is 0 Å². The minimum Gasteiger partial charge on any atom is -0.456 e. The van der Waals surface area contributed by atoms with Gasteiger partial charge in [-0.25, -0.2) is 0 Å². The SMILES string of the molecule is c1ccc2c(-c3c4ccccc4c(-c4ccc5c(c4)oc4ccc(-c6c7oc8ccccc8c7cc7oc8ccccc8c67)cc45)c4ccccc34)cccc2c1. The summed E-state index contributed by atoms with van der Waals surface area (Å²) < 4.78 is 19.9. The van der Waals surface area contributed by atoms with Crippen molar-refractivity contribution in [3.8, 4) is 33.4 Å². The zero-order valence-corrected chi connectivity index (χ0v) is 30.5. The molecule has 13 rings (SSSR count). The third kappa shape index (κ3) is 4.31. The van der Waals surface area contributed by atoms with Gasteiger partial charge < -0.3 is 13.3 Å². The highest BCUT2D eigenvalue weighted by Gasteiger charge is 2.23. The Labute approximate surface area is 325 Å². The molecule has 0 N–H and O–H groups in total. The van der Waals surface area contributed by atoms with E-state index in [1.165, 1.54) is 49.0 Å². The van der Waals surface area contributed by atoms with E-state index in [0.717, 1.165) is 82.5 Å². The van der Waals surface area contributed by atoms with Crippen molar-refractivity contribution in [3.05, 3.63) is 182 Å². The van der Waals surface area contributed by atoms with E-state index in [1.54, 1.807) is 0 Å². The van der Waals surface area contributed by atoms with Gasteiger partial charge in [-0.05, 0) is 103 Å². The lowest BCUT2D eigenvalue weighted by molar-refractivity contribution is 0.664. The maximum absolute atomic E-state index is 6.71. The molecule has 3 heterocycles. The summed E-state index contributed by atoms with van der Waals surface area (Å²) in [5, 5.41) is 13.7. The molecule has 3 nitrogen and oxygen atoms in total. The summed E-state index contributed by atoms with van der Waals surface area (Å²) in [5.41, 5.74) is 12.0. The van der Waals surface area contributed by atoms with Gasteiger partial charge in [0.2, 0.25) is 0 Å². The summed E-state index contributed by atoms with van der Waals surface area (Å²) in [6.07, 6.45) is 0. The van der Waals surface area contributed by atoms with E-state index in [1.807, 2.05) is 24.3 Å². The maximum Gasteiger partial charge on any atom is 0.144 e. The van der Waals surface area contributed by atoms with Crippen LogP contribution < -0.4 is 0 Å². The number of rotatable bonds is 3. The van der Waals surface area contributed by atoms with E-state index in [2.05, 4.69) is 158 Å². The molecule has 0 unspecified atom stereocenters. The molecule has 57 heavy (non-hydrogen) atoms. The second-order valence-corrected chi connectivity index (χ2v) is 15.1. The molecule has 0 fully saturated rings. The molecular formula is C54H30O3. The Bertz CT molecular complexity index is 3750. The predicted octanol–water partition coefficient (Wildman–Crippen LogP) is 15.8. The molecule has 0 aliphatic rings. The van der Waals surface area contributed by atoms with Crippen molar-refractivity contribution in [2.75, 3.05) is 0 Å². The van der Waals surface area contributed by atoms with Crippen molar-refractivity contribution in [2.45, 2.75) is 0 Å². The Balaban J connectivity index is 1.04. The zero-order valence-electron chi connectivity index (χ0n) is 30.5. The van der Waals surface area contributed by atoms with Gasteiger partial charge in [-0.15, -0.1) is 0 Å². The van der Waals surface area contributed by atoms with E-state index in [-0.39, 0.29) is 0 Å². The van der Waals surface area contributed by atoms with Crippen LogP contribution in [0.1, 0.15) is 0 Å². The predicted molar refractivity (Wildman–Crippen MR) is 237 cm³/mol. The number of hydrogen-bond acceptors (Lipinski definition) is 3. The quantitative estimate of drug-likeness (QED) is 0.170. The first-order valence-corrected chi connectivity index (χ1v) is 19.4. The highest BCUT2D eigenvalue weighted by Crippen LogP contribution is 2.48. The highest BCUT2D eigenvalue weighted by molar-refractivity contribution is 6.26. The van der Waals surface area contributed by atoms with Crippen molar-refractivity contribution in [2.24, 2.45) is 0 Å². The van der Waals surface area contributed by atoms with Gasteiger partial charge in [-0.3, -0.25) is 0 Å². The van der Waals surface area contributed by atoms with E-state index >= 15 is 0 Å². The lowest BCUT2D eigenvalue weighted by atomic mass is 9.84. The molecule has 0 bridgehead atoms. The summed E-state index contributed by atoms with van der Waals surface area (Å²) in [6, 6.07) is 64.8. The molecule has 0 aliphatic carbocycles. The molecule has 0 spiro atoms. The standard InChI is InChI=1S/C54H30O3/c1-2-14-34-31(12-1)13-11-21-37(34)52-40-18-5-3-16-38(40)50(39-17-4-6-19-41(39)52)33-24-26-36-43-28-32(25-27-47(43)55-48(36)29-33)51-53-42-20-8-10-23-46(42)56-49(53)30-44-35-15-7-9-22-45(35)57-54(44)51/h1-30H. The minimum absolute atomic E-state index is 0.844. The molecular weight excluding hydrogens is 697 g/mol. The van der Waals surface area contributed by atoms with E-state index in [4.69, 9.17) is 13.3 Å². The monoisotopic (exact) mass is 726 g/mol. The molecule has 0 saturated heterocycles. The van der Waals surface area contributed by atoms with Gasteiger partial charge in [0.1, 0.15) is 33.5 Å². The molecule has 3 aromatic heterocycles. The fourth-order valence-corrected chi connectivity index (χ4v) is 9.60. The van der Waals surface area contributed by atoms with Crippen LogP contribution in [0.15, 0.2) is 195 Å². The fourth-order valence-electron chi connectivity index (χ4n) is 9.60. The molecule has 3 heteroatoms. The molecule has 0 aliphatic heterocycles. The van der Waals surface area contributed by atoms with Gasteiger partial charge in [0.25, 0.3) is 0 Å². The third-order valence-corrected chi connectivity index (χ3v) is 12.0. The first-order valence-electron chi connectivity index (χ1n) is 19.4. The van der Waals surface area contributed by atoms with Crippen LogP contribution in [0.4, 0.5) is 0 Å². The minimum atomic E-state index is 0.844. The number of benzene rings is 10. The Hall–Kier alpha value is -7.62. The van der Waals surface area contributed by atoms with Crippen LogP contribution in [0.3, 0.4) is 0 Å². The average molecular weight is 727 g/mol. The summed E-state index contributed by atoms with van der Waals surface area (Å²) in [4.78, 5) is 0. The van der Waals surface area contributed by atoms with Gasteiger partial charge in [0, 0.05) is 37.9 Å². The maximum atomic E-state index is 6.71. The third-order valence-electron chi connectivity index (χ3n) is 12.0. The lowest BCUT2D eigenvalue weighted by Gasteiger charge is -2.18. The van der Waals surface area contributed by atoms with Gasteiger partial charge in [-0.1, -0.05) is 140 Å². The van der Waals surface area contributed by atoms with Crippen LogP contribution in [0.5, 0.6) is 0 Å². The van der Waals surface area contributed by atoms with Crippen LogP contribution in [0, 0.1) is 0 Å². The van der Waals surface area contributed by atoms with Crippen molar-refractivity contribution >= 4 is 98.1 Å². The second-order valence-electron chi connectivity index (χ2n) is 15.1. The fraction of sp³-hybridized carbons (Fsp3) is 0. The number of hydrogen-bond donors (Lipinski definition) is 0. The number of fused-ring (bicyclic) bond motifs is 12. The number of furan rings is 3. The zero-order chi connectivity index (χ0) is 37.2. The first-order chi connectivity index (χ1) is 28.3. The molecule has 0 radical (unpaired) electrons. The Kier molecular flexibility index (Phi) is 6.16. The number of para-hydroxylation sites is 2. The largest absolute Gasteiger partial charge is 0.456 e. The second kappa shape index (κ2) is 11.5. The van der Waals surface area contributed by atoms with Crippen molar-refractivity contribution < 1.29 is 13.3 Å². The average Bonchev–Trinajstić information content (AvgIpc) is 3.95. The molecule has 264 valence electrons. The highest BCUT2D eigenvalue weighted by atomic mass is 16.3. The van der Waals surface area contributed by atoms with Crippen LogP contribution >= 0.6 is 0 Å². The first kappa shape index (κ1) is 30.7. The molecule has 0 saturated carbocycles. The topological polar surface area (TPSA) is 39.4 Å². The van der Waals surface area contributed by atoms with Gasteiger partial charge in [0.15, 0.2) is 0 Å². The van der Waals surface area contributed by atoms with Gasteiger partial charge in [-0.2, -0.15) is 0 Å². The van der Waals surface area contributed by atoms with Crippen molar-refractivity contribution in [1.29, 1.82) is 0 Å². The normalized spacial score (nSPS) is 12.2. The summed E-state index contributed by atoms with van der Waals surface area (Å²) in [5.74, 6) is 0. The molecule has 13 aromatic rings. The lowest BCUT2D eigenvalue weighted by Crippen LogP contribution is -1.91.